The lowest BCUT2D eigenvalue weighted by Crippen LogP contribution is -2.30. The smallest absolute Gasteiger partial charge is 0.222 e. The average molecular weight is 246 g/mol. The van der Waals surface area contributed by atoms with E-state index in [0.717, 1.165) is 18.8 Å². The van der Waals surface area contributed by atoms with E-state index in [1.165, 1.54) is 49.8 Å². The number of anilines is 2. The van der Waals surface area contributed by atoms with E-state index in [-0.39, 0.29) is 0 Å². The minimum atomic E-state index is 0.314. The first kappa shape index (κ1) is 11.8. The molecule has 1 aromatic rings. The van der Waals surface area contributed by atoms with Gasteiger partial charge in [-0.1, -0.05) is 12.8 Å². The fraction of sp³-hybridized carbons (Fsp3) is 0.714. The summed E-state index contributed by atoms with van der Waals surface area (Å²) in [4.78, 5) is 9.00. The first-order chi connectivity index (χ1) is 8.75. The molecule has 0 aliphatic heterocycles. The van der Waals surface area contributed by atoms with Crippen molar-refractivity contribution in [2.75, 3.05) is 17.6 Å². The molecule has 2 aliphatic rings. The van der Waals surface area contributed by atoms with E-state index in [1.807, 2.05) is 0 Å². The Balaban J connectivity index is 2.11. The Morgan fingerprint density at radius 3 is 2.61 bits per heavy atom. The molecular formula is C14H22N4. The topological polar surface area (TPSA) is 63.8 Å². The van der Waals surface area contributed by atoms with E-state index in [0.29, 0.717) is 11.4 Å². The van der Waals surface area contributed by atoms with Gasteiger partial charge in [0.2, 0.25) is 5.95 Å². The fourth-order valence-electron chi connectivity index (χ4n) is 3.75. The van der Waals surface area contributed by atoms with Gasteiger partial charge in [0.25, 0.3) is 0 Å². The highest BCUT2D eigenvalue weighted by Gasteiger charge is 2.41. The third kappa shape index (κ3) is 1.74. The van der Waals surface area contributed by atoms with Crippen LogP contribution in [-0.4, -0.2) is 16.5 Å². The molecule has 3 N–H and O–H groups in total. The summed E-state index contributed by atoms with van der Waals surface area (Å²) in [6.07, 6.45) is 8.87. The largest absolute Gasteiger partial charge is 0.370 e. The standard InChI is InChI=1S/C14H22N4/c1-2-16-12-10-6-5-9-14(7-3-4-8-14)11(10)17-13(15)18-12/h2-9H2,1H3,(H3,15,16,17,18). The minimum absolute atomic E-state index is 0.314. The van der Waals surface area contributed by atoms with Crippen LogP contribution in [0.3, 0.4) is 0 Å². The van der Waals surface area contributed by atoms with E-state index in [2.05, 4.69) is 22.2 Å². The lowest BCUT2D eigenvalue weighted by molar-refractivity contribution is 0.358. The summed E-state index contributed by atoms with van der Waals surface area (Å²) in [5, 5.41) is 3.35. The van der Waals surface area contributed by atoms with E-state index in [4.69, 9.17) is 5.73 Å². The zero-order chi connectivity index (χ0) is 12.6. The van der Waals surface area contributed by atoms with E-state index in [9.17, 15) is 0 Å². The maximum absolute atomic E-state index is 5.90. The molecule has 98 valence electrons. The van der Waals surface area contributed by atoms with E-state index in [1.54, 1.807) is 0 Å². The van der Waals surface area contributed by atoms with Crippen LogP contribution in [0.15, 0.2) is 0 Å². The molecule has 1 fully saturated rings. The highest BCUT2D eigenvalue weighted by molar-refractivity contribution is 5.53. The summed E-state index contributed by atoms with van der Waals surface area (Å²) in [6.45, 7) is 2.98. The molecule has 0 radical (unpaired) electrons. The van der Waals surface area contributed by atoms with Gasteiger partial charge in [-0.3, -0.25) is 0 Å². The molecular weight excluding hydrogens is 224 g/mol. The predicted molar refractivity (Wildman–Crippen MR) is 73.7 cm³/mol. The van der Waals surface area contributed by atoms with Crippen molar-refractivity contribution in [3.05, 3.63) is 11.3 Å². The third-order valence-electron chi connectivity index (χ3n) is 4.51. The number of rotatable bonds is 2. The van der Waals surface area contributed by atoms with Crippen molar-refractivity contribution in [1.29, 1.82) is 0 Å². The van der Waals surface area contributed by atoms with Crippen LogP contribution in [0.25, 0.3) is 0 Å². The SMILES string of the molecule is CCNc1nc(N)nc2c1CCCC21CCCC1. The lowest BCUT2D eigenvalue weighted by atomic mass is 9.72. The van der Waals surface area contributed by atoms with Crippen LogP contribution >= 0.6 is 0 Å². The van der Waals surface area contributed by atoms with Crippen LogP contribution in [0.2, 0.25) is 0 Å². The molecule has 18 heavy (non-hydrogen) atoms. The molecule has 2 aliphatic carbocycles. The Bertz CT molecular complexity index is 449. The number of nitrogen functional groups attached to an aromatic ring is 1. The summed E-state index contributed by atoms with van der Waals surface area (Å²) in [5.41, 5.74) is 8.81. The van der Waals surface area contributed by atoms with Crippen LogP contribution in [0.4, 0.5) is 11.8 Å². The first-order valence-electron chi connectivity index (χ1n) is 7.16. The van der Waals surface area contributed by atoms with Crippen LogP contribution in [0.5, 0.6) is 0 Å². The van der Waals surface area contributed by atoms with Crippen LogP contribution < -0.4 is 11.1 Å². The number of nitrogens with one attached hydrogen (secondary N) is 1. The summed E-state index contributed by atoms with van der Waals surface area (Å²) in [7, 11) is 0. The number of nitrogens with zero attached hydrogens (tertiary/aromatic N) is 2. The maximum Gasteiger partial charge on any atom is 0.222 e. The van der Waals surface area contributed by atoms with Crippen molar-refractivity contribution in [3.63, 3.8) is 0 Å². The van der Waals surface area contributed by atoms with Crippen LogP contribution in [0.1, 0.15) is 56.7 Å². The molecule has 4 nitrogen and oxygen atoms in total. The quantitative estimate of drug-likeness (QED) is 0.842. The first-order valence-corrected chi connectivity index (χ1v) is 7.16. The Morgan fingerprint density at radius 1 is 1.17 bits per heavy atom. The van der Waals surface area contributed by atoms with Crippen molar-refractivity contribution in [1.82, 2.24) is 9.97 Å². The summed E-state index contributed by atoms with van der Waals surface area (Å²) >= 11 is 0. The van der Waals surface area contributed by atoms with Crippen LogP contribution in [-0.2, 0) is 11.8 Å². The Hall–Kier alpha value is -1.32. The van der Waals surface area contributed by atoms with Crippen molar-refractivity contribution in [2.24, 2.45) is 0 Å². The van der Waals surface area contributed by atoms with Gasteiger partial charge >= 0.3 is 0 Å². The van der Waals surface area contributed by atoms with Gasteiger partial charge in [0.05, 0.1) is 5.69 Å². The second-order valence-corrected chi connectivity index (χ2v) is 5.63. The van der Waals surface area contributed by atoms with Crippen molar-refractivity contribution < 1.29 is 0 Å². The molecule has 0 saturated heterocycles. The van der Waals surface area contributed by atoms with E-state index < -0.39 is 0 Å². The van der Waals surface area contributed by atoms with Gasteiger partial charge in [-0.05, 0) is 39.0 Å². The van der Waals surface area contributed by atoms with Gasteiger partial charge in [0.1, 0.15) is 5.82 Å². The Morgan fingerprint density at radius 2 is 1.89 bits per heavy atom. The Kier molecular flexibility index (Phi) is 2.88. The zero-order valence-corrected chi connectivity index (χ0v) is 11.1. The van der Waals surface area contributed by atoms with Gasteiger partial charge in [0, 0.05) is 17.5 Å². The normalized spacial score (nSPS) is 20.9. The predicted octanol–water partition coefficient (Wildman–Crippen LogP) is 2.64. The monoisotopic (exact) mass is 246 g/mol. The zero-order valence-electron chi connectivity index (χ0n) is 11.1. The highest BCUT2D eigenvalue weighted by atomic mass is 15.1. The number of fused-ring (bicyclic) bond motifs is 2. The Labute approximate surface area is 108 Å². The number of nitrogens with two attached hydrogens (primary N) is 1. The molecule has 0 atom stereocenters. The molecule has 0 amide bonds. The molecule has 1 saturated carbocycles. The summed E-state index contributed by atoms with van der Waals surface area (Å²) in [6, 6.07) is 0. The highest BCUT2D eigenvalue weighted by Crippen LogP contribution is 2.49. The fourth-order valence-corrected chi connectivity index (χ4v) is 3.75. The molecule has 0 bridgehead atoms. The average Bonchev–Trinajstić information content (AvgIpc) is 2.81. The molecule has 1 aromatic heterocycles. The number of hydrogen-bond acceptors (Lipinski definition) is 4. The molecule has 0 unspecified atom stereocenters. The van der Waals surface area contributed by atoms with E-state index >= 15 is 0 Å². The molecule has 1 heterocycles. The molecule has 4 heteroatoms. The van der Waals surface area contributed by atoms with Gasteiger partial charge in [-0.2, -0.15) is 4.98 Å². The molecule has 0 aromatic carbocycles. The lowest BCUT2D eigenvalue weighted by Gasteiger charge is -2.35. The van der Waals surface area contributed by atoms with Crippen molar-refractivity contribution >= 4 is 11.8 Å². The number of aromatic nitrogens is 2. The summed E-state index contributed by atoms with van der Waals surface area (Å²) < 4.78 is 0. The molecule has 1 spiro atoms. The van der Waals surface area contributed by atoms with Gasteiger partial charge in [0.15, 0.2) is 0 Å². The van der Waals surface area contributed by atoms with Crippen molar-refractivity contribution in [2.45, 2.75) is 57.3 Å². The second kappa shape index (κ2) is 4.41. The second-order valence-electron chi connectivity index (χ2n) is 5.63. The van der Waals surface area contributed by atoms with Gasteiger partial charge < -0.3 is 11.1 Å². The molecule has 3 rings (SSSR count). The van der Waals surface area contributed by atoms with Crippen molar-refractivity contribution in [3.8, 4) is 0 Å². The maximum atomic E-state index is 5.90. The van der Waals surface area contributed by atoms with Crippen LogP contribution in [0, 0.1) is 0 Å². The third-order valence-corrected chi connectivity index (χ3v) is 4.51. The number of hydrogen-bond donors (Lipinski definition) is 2. The van der Waals surface area contributed by atoms with Gasteiger partial charge in [-0.15, -0.1) is 0 Å². The van der Waals surface area contributed by atoms with Gasteiger partial charge in [-0.25, -0.2) is 4.98 Å². The minimum Gasteiger partial charge on any atom is -0.370 e. The summed E-state index contributed by atoms with van der Waals surface area (Å²) in [5.74, 6) is 1.41.